The Morgan fingerprint density at radius 1 is 1.31 bits per heavy atom. The zero-order valence-electron chi connectivity index (χ0n) is 8.25. The highest BCUT2D eigenvalue weighted by atomic mass is 32.2. The van der Waals surface area contributed by atoms with Crippen molar-refractivity contribution in [3.63, 3.8) is 0 Å². The van der Waals surface area contributed by atoms with Crippen molar-refractivity contribution < 1.29 is 0 Å². The van der Waals surface area contributed by atoms with Gasteiger partial charge in [0, 0.05) is 11.3 Å². The minimum atomic E-state index is 0.694. The van der Waals surface area contributed by atoms with Crippen molar-refractivity contribution in [2.75, 3.05) is 6.26 Å². The highest BCUT2D eigenvalue weighted by Gasteiger charge is 2.23. The second kappa shape index (κ2) is 4.36. The maximum atomic E-state index is 4.54. The monoisotopic (exact) mass is 198 g/mol. The van der Waals surface area contributed by atoms with Crippen molar-refractivity contribution in [3.05, 3.63) is 0 Å². The average Bonchev–Trinajstić information content (AvgIpc) is 2.99. The van der Waals surface area contributed by atoms with Crippen LogP contribution in [0.5, 0.6) is 0 Å². The van der Waals surface area contributed by atoms with E-state index in [0.717, 1.165) is 0 Å². The lowest BCUT2D eigenvalue weighted by atomic mass is 9.98. The molecule has 2 rings (SSSR count). The molecule has 0 amide bonds. The molecule has 2 fully saturated rings. The molecule has 1 N–H and O–H groups in total. The van der Waals surface area contributed by atoms with Gasteiger partial charge in [-0.1, -0.05) is 6.42 Å². The summed E-state index contributed by atoms with van der Waals surface area (Å²) in [7, 11) is 0. The van der Waals surface area contributed by atoms with E-state index in [2.05, 4.69) is 16.8 Å². The number of thioether (sulfide) groups is 1. The SMILES string of the molecule is CSC1CCCC/C1=N\NC1CC1. The first-order chi connectivity index (χ1) is 6.40. The molecule has 2 aliphatic carbocycles. The molecule has 1 unspecified atom stereocenters. The summed E-state index contributed by atoms with van der Waals surface area (Å²) < 4.78 is 0. The quantitative estimate of drug-likeness (QED) is 0.704. The Morgan fingerprint density at radius 3 is 2.85 bits per heavy atom. The molecule has 2 aliphatic rings. The van der Waals surface area contributed by atoms with Crippen molar-refractivity contribution in [3.8, 4) is 0 Å². The summed E-state index contributed by atoms with van der Waals surface area (Å²) in [4.78, 5) is 0. The molecule has 3 heteroatoms. The van der Waals surface area contributed by atoms with Crippen LogP contribution >= 0.6 is 11.8 Å². The summed E-state index contributed by atoms with van der Waals surface area (Å²) in [5, 5.41) is 5.24. The number of hydrogen-bond acceptors (Lipinski definition) is 3. The highest BCUT2D eigenvalue weighted by molar-refractivity contribution is 7.99. The molecule has 0 saturated heterocycles. The van der Waals surface area contributed by atoms with Gasteiger partial charge in [0.2, 0.25) is 0 Å². The molecule has 0 aliphatic heterocycles. The Hall–Kier alpha value is -0.180. The normalized spacial score (nSPS) is 32.1. The Labute approximate surface area is 84.6 Å². The Kier molecular flexibility index (Phi) is 3.14. The molecule has 2 saturated carbocycles. The van der Waals surface area contributed by atoms with Crippen LogP contribution in [-0.2, 0) is 0 Å². The van der Waals surface area contributed by atoms with E-state index >= 15 is 0 Å². The van der Waals surface area contributed by atoms with Crippen molar-refractivity contribution in [1.29, 1.82) is 0 Å². The third-order valence-electron chi connectivity index (χ3n) is 2.77. The molecule has 0 aromatic carbocycles. The summed E-state index contributed by atoms with van der Waals surface area (Å²) in [6.45, 7) is 0. The molecule has 0 spiro atoms. The highest BCUT2D eigenvalue weighted by Crippen LogP contribution is 2.25. The van der Waals surface area contributed by atoms with Crippen LogP contribution in [0.15, 0.2) is 5.10 Å². The molecule has 1 atom stereocenters. The summed E-state index contributed by atoms with van der Waals surface area (Å²) >= 11 is 1.96. The van der Waals surface area contributed by atoms with Crippen LogP contribution < -0.4 is 5.43 Å². The maximum absolute atomic E-state index is 4.54. The standard InChI is InChI=1S/C10H18N2S/c1-13-10-5-3-2-4-9(10)12-11-8-6-7-8/h8,10-11H,2-7H2,1H3/b12-9+. The van der Waals surface area contributed by atoms with E-state index < -0.39 is 0 Å². The van der Waals surface area contributed by atoms with Crippen LogP contribution in [0.4, 0.5) is 0 Å². The van der Waals surface area contributed by atoms with E-state index in [9.17, 15) is 0 Å². The smallest absolute Gasteiger partial charge is 0.0508 e. The van der Waals surface area contributed by atoms with E-state index in [4.69, 9.17) is 0 Å². The average molecular weight is 198 g/mol. The van der Waals surface area contributed by atoms with Crippen molar-refractivity contribution in [1.82, 2.24) is 5.43 Å². The summed E-state index contributed by atoms with van der Waals surface area (Å²) in [5.74, 6) is 0. The van der Waals surface area contributed by atoms with Crippen LogP contribution in [-0.4, -0.2) is 23.3 Å². The molecule has 74 valence electrons. The number of hydrazone groups is 1. The van der Waals surface area contributed by atoms with Crippen LogP contribution in [0.1, 0.15) is 38.5 Å². The molecule has 2 nitrogen and oxygen atoms in total. The summed E-state index contributed by atoms with van der Waals surface area (Å²) in [6, 6.07) is 0.705. The van der Waals surface area contributed by atoms with E-state index in [1.54, 1.807) is 0 Å². The zero-order valence-corrected chi connectivity index (χ0v) is 9.07. The Balaban J connectivity index is 1.88. The lowest BCUT2D eigenvalue weighted by Crippen LogP contribution is -2.25. The first kappa shape index (κ1) is 9.38. The molecule has 0 radical (unpaired) electrons. The lowest BCUT2D eigenvalue weighted by molar-refractivity contribution is 0.653. The Morgan fingerprint density at radius 2 is 2.15 bits per heavy atom. The van der Waals surface area contributed by atoms with Crippen LogP contribution in [0.25, 0.3) is 0 Å². The van der Waals surface area contributed by atoms with Crippen molar-refractivity contribution in [2.24, 2.45) is 5.10 Å². The third kappa shape index (κ3) is 2.63. The van der Waals surface area contributed by atoms with Gasteiger partial charge in [0.1, 0.15) is 0 Å². The van der Waals surface area contributed by atoms with Gasteiger partial charge in [-0.2, -0.15) is 16.9 Å². The fourth-order valence-corrected chi connectivity index (χ4v) is 2.58. The van der Waals surface area contributed by atoms with E-state index in [1.165, 1.54) is 44.2 Å². The molecule has 0 heterocycles. The maximum Gasteiger partial charge on any atom is 0.0508 e. The fraction of sp³-hybridized carbons (Fsp3) is 0.900. The third-order valence-corrected chi connectivity index (χ3v) is 3.85. The second-order valence-electron chi connectivity index (χ2n) is 3.98. The van der Waals surface area contributed by atoms with Gasteiger partial charge in [0.15, 0.2) is 0 Å². The number of rotatable bonds is 3. The number of nitrogens with zero attached hydrogens (tertiary/aromatic N) is 1. The molecular formula is C10H18N2S. The number of hydrogen-bond donors (Lipinski definition) is 1. The molecule has 0 aromatic heterocycles. The van der Waals surface area contributed by atoms with Gasteiger partial charge in [-0.15, -0.1) is 0 Å². The number of nitrogens with one attached hydrogen (secondary N) is 1. The van der Waals surface area contributed by atoms with Gasteiger partial charge in [0.25, 0.3) is 0 Å². The van der Waals surface area contributed by atoms with Crippen molar-refractivity contribution in [2.45, 2.75) is 49.8 Å². The zero-order chi connectivity index (χ0) is 9.10. The van der Waals surface area contributed by atoms with E-state index in [0.29, 0.717) is 11.3 Å². The first-order valence-corrected chi connectivity index (χ1v) is 6.53. The van der Waals surface area contributed by atoms with Gasteiger partial charge < -0.3 is 5.43 Å². The molecule has 0 aromatic rings. The van der Waals surface area contributed by atoms with E-state index in [-0.39, 0.29) is 0 Å². The minimum Gasteiger partial charge on any atom is -0.307 e. The Bertz CT molecular complexity index is 199. The van der Waals surface area contributed by atoms with E-state index in [1.807, 2.05) is 11.8 Å². The fourth-order valence-electron chi connectivity index (χ4n) is 1.73. The predicted octanol–water partition coefficient (Wildman–Crippen LogP) is 2.40. The topological polar surface area (TPSA) is 24.4 Å². The lowest BCUT2D eigenvalue weighted by Gasteiger charge is -2.22. The van der Waals surface area contributed by atoms with Crippen LogP contribution in [0, 0.1) is 0 Å². The summed E-state index contributed by atoms with van der Waals surface area (Å²) in [5.41, 5.74) is 4.67. The molecule has 0 bridgehead atoms. The first-order valence-electron chi connectivity index (χ1n) is 5.25. The van der Waals surface area contributed by atoms with Gasteiger partial charge >= 0.3 is 0 Å². The van der Waals surface area contributed by atoms with Crippen molar-refractivity contribution >= 4 is 17.5 Å². The van der Waals surface area contributed by atoms with Gasteiger partial charge in [-0.3, -0.25) is 0 Å². The van der Waals surface area contributed by atoms with Gasteiger partial charge in [0.05, 0.1) is 5.71 Å². The molecular weight excluding hydrogens is 180 g/mol. The van der Waals surface area contributed by atoms with Gasteiger partial charge in [-0.25, -0.2) is 0 Å². The predicted molar refractivity (Wildman–Crippen MR) is 59.4 cm³/mol. The summed E-state index contributed by atoms with van der Waals surface area (Å²) in [6.07, 6.45) is 10.1. The van der Waals surface area contributed by atoms with Crippen LogP contribution in [0.2, 0.25) is 0 Å². The second-order valence-corrected chi connectivity index (χ2v) is 5.02. The van der Waals surface area contributed by atoms with Crippen LogP contribution in [0.3, 0.4) is 0 Å². The largest absolute Gasteiger partial charge is 0.307 e. The minimum absolute atomic E-state index is 0.694. The van der Waals surface area contributed by atoms with Gasteiger partial charge in [-0.05, 0) is 38.4 Å². The molecule has 13 heavy (non-hydrogen) atoms.